The molecule has 0 saturated heterocycles. The van der Waals surface area contributed by atoms with Gasteiger partial charge in [-0.3, -0.25) is 9.71 Å². The molecule has 1 aromatic heterocycles. The Morgan fingerprint density at radius 2 is 1.68 bits per heavy atom. The molecule has 128 valence electrons. The molecule has 0 aliphatic rings. The molecule has 0 saturated carbocycles. The molecule has 0 fully saturated rings. The van der Waals surface area contributed by atoms with Crippen LogP contribution < -0.4 is 10.5 Å². The summed E-state index contributed by atoms with van der Waals surface area (Å²) in [6, 6.07) is 17.4. The number of nitrogens with two attached hydrogens (primary N) is 1. The van der Waals surface area contributed by atoms with Crippen LogP contribution in [-0.4, -0.2) is 13.4 Å². The molecule has 0 aliphatic carbocycles. The third-order valence-electron chi connectivity index (χ3n) is 3.86. The number of nitrogen functional groups attached to an aromatic ring is 1. The molecule has 0 radical (unpaired) electrons. The van der Waals surface area contributed by atoms with Crippen LogP contribution in [-0.2, 0) is 10.0 Å². The Morgan fingerprint density at radius 3 is 2.36 bits per heavy atom. The highest BCUT2D eigenvalue weighted by atomic mass is 32.2. The second kappa shape index (κ2) is 6.57. The highest BCUT2D eigenvalue weighted by Crippen LogP contribution is 2.26. The van der Waals surface area contributed by atoms with Gasteiger partial charge in [-0.25, -0.2) is 8.42 Å². The van der Waals surface area contributed by atoms with E-state index in [1.54, 1.807) is 18.2 Å². The Morgan fingerprint density at radius 1 is 0.960 bits per heavy atom. The first kappa shape index (κ1) is 17.0. The largest absolute Gasteiger partial charge is 0.399 e. The van der Waals surface area contributed by atoms with Crippen molar-refractivity contribution in [3.8, 4) is 11.3 Å². The zero-order valence-corrected chi connectivity index (χ0v) is 14.8. The standard InChI is InChI=1S/C19H19N3O2S/c1-13-6-7-15(18-5-3-4-14(2)21-18)12-19(13)22-25(23,24)17-10-8-16(20)9-11-17/h3-12,22H,20H2,1-2H3. The maximum atomic E-state index is 12.6. The van der Waals surface area contributed by atoms with Gasteiger partial charge in [0.25, 0.3) is 10.0 Å². The molecule has 3 aromatic rings. The molecule has 25 heavy (non-hydrogen) atoms. The van der Waals surface area contributed by atoms with Gasteiger partial charge < -0.3 is 5.73 Å². The zero-order chi connectivity index (χ0) is 18.0. The predicted molar refractivity (Wildman–Crippen MR) is 101 cm³/mol. The van der Waals surface area contributed by atoms with E-state index < -0.39 is 10.0 Å². The number of aromatic nitrogens is 1. The van der Waals surface area contributed by atoms with Crippen molar-refractivity contribution in [2.24, 2.45) is 0 Å². The van der Waals surface area contributed by atoms with Crippen molar-refractivity contribution in [1.82, 2.24) is 4.98 Å². The topological polar surface area (TPSA) is 85.1 Å². The summed E-state index contributed by atoms with van der Waals surface area (Å²) in [5.41, 5.74) is 10.0. The molecule has 5 nitrogen and oxygen atoms in total. The molecule has 2 aromatic carbocycles. The lowest BCUT2D eigenvalue weighted by atomic mass is 10.1. The number of sulfonamides is 1. The number of nitrogens with one attached hydrogen (secondary N) is 1. The second-order valence-electron chi connectivity index (χ2n) is 5.87. The van der Waals surface area contributed by atoms with Crippen LogP contribution in [0, 0.1) is 13.8 Å². The summed E-state index contributed by atoms with van der Waals surface area (Å²) >= 11 is 0. The summed E-state index contributed by atoms with van der Waals surface area (Å²) in [4.78, 5) is 4.65. The first-order valence-corrected chi connectivity index (χ1v) is 9.26. The molecule has 1 heterocycles. The fraction of sp³-hybridized carbons (Fsp3) is 0.105. The first-order chi connectivity index (χ1) is 11.8. The van der Waals surface area contributed by atoms with Crippen molar-refractivity contribution in [3.05, 3.63) is 71.9 Å². The van der Waals surface area contributed by atoms with Gasteiger partial charge in [0.2, 0.25) is 0 Å². The summed E-state index contributed by atoms with van der Waals surface area (Å²) in [7, 11) is -3.69. The predicted octanol–water partition coefficient (Wildman–Crippen LogP) is 3.75. The van der Waals surface area contributed by atoms with E-state index in [9.17, 15) is 8.42 Å². The average molecular weight is 353 g/mol. The normalized spacial score (nSPS) is 11.3. The van der Waals surface area contributed by atoms with E-state index in [4.69, 9.17) is 5.73 Å². The number of hydrogen-bond donors (Lipinski definition) is 2. The summed E-state index contributed by atoms with van der Waals surface area (Å²) in [5.74, 6) is 0. The van der Waals surface area contributed by atoms with E-state index in [2.05, 4.69) is 9.71 Å². The Balaban J connectivity index is 1.97. The number of benzene rings is 2. The summed E-state index contributed by atoms with van der Waals surface area (Å²) < 4.78 is 27.8. The first-order valence-electron chi connectivity index (χ1n) is 7.78. The molecule has 0 atom stereocenters. The number of pyridine rings is 1. The minimum Gasteiger partial charge on any atom is -0.399 e. The quantitative estimate of drug-likeness (QED) is 0.700. The fourth-order valence-corrected chi connectivity index (χ4v) is 3.57. The zero-order valence-electron chi connectivity index (χ0n) is 14.0. The highest BCUT2D eigenvalue weighted by molar-refractivity contribution is 7.92. The van der Waals surface area contributed by atoms with Gasteiger partial charge in [-0.15, -0.1) is 0 Å². The van der Waals surface area contributed by atoms with Crippen LogP contribution in [0.25, 0.3) is 11.3 Å². The number of nitrogens with zero attached hydrogens (tertiary/aromatic N) is 1. The van der Waals surface area contributed by atoms with E-state index in [-0.39, 0.29) is 4.90 Å². The lowest BCUT2D eigenvalue weighted by Gasteiger charge is -2.12. The Hall–Kier alpha value is -2.86. The van der Waals surface area contributed by atoms with Gasteiger partial charge in [-0.1, -0.05) is 18.2 Å². The lowest BCUT2D eigenvalue weighted by molar-refractivity contribution is 0.601. The van der Waals surface area contributed by atoms with E-state index in [0.717, 1.165) is 22.5 Å². The molecule has 3 rings (SSSR count). The lowest BCUT2D eigenvalue weighted by Crippen LogP contribution is -2.13. The van der Waals surface area contributed by atoms with E-state index >= 15 is 0 Å². The van der Waals surface area contributed by atoms with Gasteiger partial charge in [0.1, 0.15) is 0 Å². The van der Waals surface area contributed by atoms with Crippen molar-refractivity contribution < 1.29 is 8.42 Å². The summed E-state index contributed by atoms with van der Waals surface area (Å²) in [6.07, 6.45) is 0. The summed E-state index contributed by atoms with van der Waals surface area (Å²) in [6.45, 7) is 3.77. The van der Waals surface area contributed by atoms with Gasteiger partial charge in [0.05, 0.1) is 16.3 Å². The van der Waals surface area contributed by atoms with Crippen LogP contribution in [0.4, 0.5) is 11.4 Å². The Labute approximate surface area is 147 Å². The van der Waals surface area contributed by atoms with Crippen molar-refractivity contribution in [1.29, 1.82) is 0 Å². The Kier molecular flexibility index (Phi) is 4.46. The third kappa shape index (κ3) is 3.80. The molecule has 0 amide bonds. The highest BCUT2D eigenvalue weighted by Gasteiger charge is 2.15. The molecular weight excluding hydrogens is 334 g/mol. The van der Waals surface area contributed by atoms with E-state index in [0.29, 0.717) is 11.4 Å². The van der Waals surface area contributed by atoms with Gasteiger partial charge in [0.15, 0.2) is 0 Å². The van der Waals surface area contributed by atoms with E-state index in [1.165, 1.54) is 12.1 Å². The van der Waals surface area contributed by atoms with Crippen molar-refractivity contribution in [2.45, 2.75) is 18.7 Å². The molecule has 0 bridgehead atoms. The molecular formula is C19H19N3O2S. The molecule has 3 N–H and O–H groups in total. The monoisotopic (exact) mass is 353 g/mol. The van der Waals surface area contributed by atoms with Crippen LogP contribution in [0.15, 0.2) is 65.6 Å². The number of hydrogen-bond acceptors (Lipinski definition) is 4. The van der Waals surface area contributed by atoms with Crippen LogP contribution in [0.5, 0.6) is 0 Å². The molecule has 0 spiro atoms. The molecule has 0 aliphatic heterocycles. The minimum absolute atomic E-state index is 0.167. The van der Waals surface area contributed by atoms with Crippen molar-refractivity contribution >= 4 is 21.4 Å². The van der Waals surface area contributed by atoms with Crippen LogP contribution in [0.2, 0.25) is 0 Å². The molecule has 0 unspecified atom stereocenters. The van der Waals surface area contributed by atoms with Crippen LogP contribution >= 0.6 is 0 Å². The fourth-order valence-electron chi connectivity index (χ4n) is 2.45. The van der Waals surface area contributed by atoms with Gasteiger partial charge in [-0.2, -0.15) is 0 Å². The molecule has 6 heteroatoms. The van der Waals surface area contributed by atoms with E-state index in [1.807, 2.05) is 44.2 Å². The third-order valence-corrected chi connectivity index (χ3v) is 5.24. The van der Waals surface area contributed by atoms with Crippen LogP contribution in [0.1, 0.15) is 11.3 Å². The second-order valence-corrected chi connectivity index (χ2v) is 7.55. The maximum absolute atomic E-state index is 12.6. The number of aryl methyl sites for hydroxylation is 2. The van der Waals surface area contributed by atoms with Gasteiger partial charge in [-0.05, 0) is 61.9 Å². The van der Waals surface area contributed by atoms with Gasteiger partial charge in [0, 0.05) is 16.9 Å². The number of anilines is 2. The maximum Gasteiger partial charge on any atom is 0.261 e. The Bertz CT molecular complexity index is 1010. The summed E-state index contributed by atoms with van der Waals surface area (Å²) in [5, 5.41) is 0. The van der Waals surface area contributed by atoms with Crippen molar-refractivity contribution in [3.63, 3.8) is 0 Å². The smallest absolute Gasteiger partial charge is 0.261 e. The van der Waals surface area contributed by atoms with Crippen molar-refractivity contribution in [2.75, 3.05) is 10.5 Å². The minimum atomic E-state index is -3.69. The van der Waals surface area contributed by atoms with Gasteiger partial charge >= 0.3 is 0 Å². The average Bonchev–Trinajstić information content (AvgIpc) is 2.57. The number of rotatable bonds is 4. The SMILES string of the molecule is Cc1cccc(-c2ccc(C)c(NS(=O)(=O)c3ccc(N)cc3)c2)n1. The van der Waals surface area contributed by atoms with Crippen LogP contribution in [0.3, 0.4) is 0 Å².